The van der Waals surface area contributed by atoms with E-state index in [9.17, 15) is 4.39 Å². The maximum absolute atomic E-state index is 13.7. The third kappa shape index (κ3) is 3.72. The van der Waals surface area contributed by atoms with Crippen molar-refractivity contribution >= 4 is 11.6 Å². The van der Waals surface area contributed by atoms with E-state index in [-0.39, 0.29) is 12.6 Å². The van der Waals surface area contributed by atoms with Crippen LogP contribution in [0.5, 0.6) is 5.75 Å². The van der Waals surface area contributed by atoms with Gasteiger partial charge >= 0.3 is 0 Å². The van der Waals surface area contributed by atoms with Crippen LogP contribution in [0.2, 0.25) is 5.02 Å². The summed E-state index contributed by atoms with van der Waals surface area (Å²) < 4.78 is 19.3. The summed E-state index contributed by atoms with van der Waals surface area (Å²) in [5.74, 6) is 0.140. The summed E-state index contributed by atoms with van der Waals surface area (Å²) in [6, 6.07) is 11.0. The van der Waals surface area contributed by atoms with E-state index in [0.29, 0.717) is 21.9 Å². The van der Waals surface area contributed by atoms with Crippen molar-refractivity contribution in [3.05, 3.63) is 63.9 Å². The van der Waals surface area contributed by atoms with Crippen LogP contribution in [-0.2, 0) is 6.61 Å². The van der Waals surface area contributed by atoms with Gasteiger partial charge in [0.15, 0.2) is 0 Å². The summed E-state index contributed by atoms with van der Waals surface area (Å²) in [6.45, 7) is 1.83. The Labute approximate surface area is 127 Å². The first-order valence-corrected chi connectivity index (χ1v) is 6.75. The van der Waals surface area contributed by atoms with Crippen LogP contribution in [0.15, 0.2) is 36.4 Å². The number of nitrogens with two attached hydrogens (primary N) is 1. The first-order valence-electron chi connectivity index (χ1n) is 6.37. The number of benzene rings is 2. The maximum Gasteiger partial charge on any atom is 0.129 e. The summed E-state index contributed by atoms with van der Waals surface area (Å²) in [6.07, 6.45) is 0. The number of halogens is 2. The van der Waals surface area contributed by atoms with Crippen LogP contribution in [0.25, 0.3) is 0 Å². The van der Waals surface area contributed by atoms with Gasteiger partial charge in [-0.1, -0.05) is 11.6 Å². The molecule has 0 aliphatic carbocycles. The minimum absolute atomic E-state index is 0.0166. The van der Waals surface area contributed by atoms with Gasteiger partial charge in [-0.15, -0.1) is 0 Å². The Hall–Kier alpha value is -2.09. The Kier molecular flexibility index (Phi) is 4.79. The zero-order valence-corrected chi connectivity index (χ0v) is 12.2. The summed E-state index contributed by atoms with van der Waals surface area (Å²) >= 11 is 5.94. The Morgan fingerprint density at radius 1 is 1.33 bits per heavy atom. The molecule has 3 nitrogen and oxygen atoms in total. The van der Waals surface area contributed by atoms with Crippen LogP contribution in [-0.4, -0.2) is 0 Å². The van der Waals surface area contributed by atoms with E-state index in [1.165, 1.54) is 18.2 Å². The SMILES string of the molecule is CC(N)c1cc(Cl)ccc1OCc1cc(C#N)ccc1F. The number of hydrogen-bond acceptors (Lipinski definition) is 3. The first kappa shape index (κ1) is 15.3. The molecule has 0 saturated carbocycles. The van der Waals surface area contributed by atoms with Gasteiger partial charge in [-0.05, 0) is 43.3 Å². The van der Waals surface area contributed by atoms with Gasteiger partial charge in [0, 0.05) is 22.2 Å². The molecule has 0 saturated heterocycles. The van der Waals surface area contributed by atoms with Gasteiger partial charge in [-0.3, -0.25) is 0 Å². The average molecular weight is 305 g/mol. The Morgan fingerprint density at radius 2 is 2.10 bits per heavy atom. The molecule has 1 unspecified atom stereocenters. The minimum atomic E-state index is -0.412. The van der Waals surface area contributed by atoms with Crippen LogP contribution in [0, 0.1) is 17.1 Å². The molecule has 5 heteroatoms. The average Bonchev–Trinajstić information content (AvgIpc) is 2.47. The van der Waals surface area contributed by atoms with E-state index in [0.717, 1.165) is 5.56 Å². The molecule has 0 aromatic heterocycles. The van der Waals surface area contributed by atoms with Crippen molar-refractivity contribution in [3.63, 3.8) is 0 Å². The number of rotatable bonds is 4. The van der Waals surface area contributed by atoms with Crippen molar-refractivity contribution in [1.29, 1.82) is 5.26 Å². The molecule has 0 aliphatic heterocycles. The normalized spacial score (nSPS) is 11.8. The molecule has 0 heterocycles. The molecule has 1 atom stereocenters. The monoisotopic (exact) mass is 304 g/mol. The largest absolute Gasteiger partial charge is 0.488 e. The fourth-order valence-electron chi connectivity index (χ4n) is 1.92. The molecule has 0 aliphatic rings. The molecule has 0 amide bonds. The Morgan fingerprint density at radius 3 is 2.76 bits per heavy atom. The molecular weight excluding hydrogens is 291 g/mol. The first-order chi connectivity index (χ1) is 10.0. The third-order valence-electron chi connectivity index (χ3n) is 3.02. The second kappa shape index (κ2) is 6.57. The molecule has 2 rings (SSSR count). The third-order valence-corrected chi connectivity index (χ3v) is 3.26. The summed E-state index contributed by atoms with van der Waals surface area (Å²) in [7, 11) is 0. The van der Waals surface area contributed by atoms with E-state index in [4.69, 9.17) is 27.3 Å². The van der Waals surface area contributed by atoms with E-state index in [2.05, 4.69) is 0 Å². The molecule has 0 spiro atoms. The minimum Gasteiger partial charge on any atom is -0.488 e. The van der Waals surface area contributed by atoms with Crippen LogP contribution in [0.3, 0.4) is 0 Å². The predicted octanol–water partition coefficient (Wildman–Crippen LogP) is 3.95. The quantitative estimate of drug-likeness (QED) is 0.930. The summed E-state index contributed by atoms with van der Waals surface area (Å²) in [4.78, 5) is 0. The molecule has 2 N–H and O–H groups in total. The standard InChI is InChI=1S/C16H14ClFN2O/c1-10(20)14-7-13(17)3-5-16(14)21-9-12-6-11(8-19)2-4-15(12)18/h2-7,10H,9,20H2,1H3. The lowest BCUT2D eigenvalue weighted by Crippen LogP contribution is -2.08. The van der Waals surface area contributed by atoms with Gasteiger partial charge in [0.1, 0.15) is 18.2 Å². The fraction of sp³-hybridized carbons (Fsp3) is 0.188. The highest BCUT2D eigenvalue weighted by atomic mass is 35.5. The van der Waals surface area contributed by atoms with Crippen molar-refractivity contribution in [2.45, 2.75) is 19.6 Å². The van der Waals surface area contributed by atoms with Crippen LogP contribution in [0.4, 0.5) is 4.39 Å². The second-order valence-corrected chi connectivity index (χ2v) is 5.11. The Bertz CT molecular complexity index is 695. The maximum atomic E-state index is 13.7. The van der Waals surface area contributed by atoms with Crippen molar-refractivity contribution in [2.75, 3.05) is 0 Å². The lowest BCUT2D eigenvalue weighted by molar-refractivity contribution is 0.295. The van der Waals surface area contributed by atoms with Gasteiger partial charge in [0.2, 0.25) is 0 Å². The predicted molar refractivity (Wildman–Crippen MR) is 79.5 cm³/mol. The molecule has 21 heavy (non-hydrogen) atoms. The number of nitriles is 1. The lowest BCUT2D eigenvalue weighted by atomic mass is 10.1. The highest BCUT2D eigenvalue weighted by Crippen LogP contribution is 2.28. The summed E-state index contributed by atoms with van der Waals surface area (Å²) in [5.41, 5.74) is 7.33. The highest BCUT2D eigenvalue weighted by Gasteiger charge is 2.11. The molecule has 0 bridgehead atoms. The van der Waals surface area contributed by atoms with Gasteiger partial charge in [0.25, 0.3) is 0 Å². The van der Waals surface area contributed by atoms with Crippen LogP contribution < -0.4 is 10.5 Å². The van der Waals surface area contributed by atoms with E-state index < -0.39 is 5.82 Å². The molecule has 0 fully saturated rings. The van der Waals surface area contributed by atoms with E-state index in [1.807, 2.05) is 13.0 Å². The topological polar surface area (TPSA) is 59.0 Å². The molecule has 0 radical (unpaired) electrons. The van der Waals surface area contributed by atoms with Crippen molar-refractivity contribution < 1.29 is 9.13 Å². The van der Waals surface area contributed by atoms with Gasteiger partial charge in [-0.2, -0.15) is 5.26 Å². The van der Waals surface area contributed by atoms with E-state index >= 15 is 0 Å². The molecule has 2 aromatic rings. The Balaban J connectivity index is 2.23. The van der Waals surface area contributed by atoms with Gasteiger partial charge < -0.3 is 10.5 Å². The van der Waals surface area contributed by atoms with Crippen molar-refractivity contribution in [1.82, 2.24) is 0 Å². The summed E-state index contributed by atoms with van der Waals surface area (Å²) in [5, 5.41) is 9.40. The molecule has 108 valence electrons. The van der Waals surface area contributed by atoms with Crippen LogP contribution in [0.1, 0.15) is 29.7 Å². The van der Waals surface area contributed by atoms with E-state index in [1.54, 1.807) is 18.2 Å². The van der Waals surface area contributed by atoms with Crippen molar-refractivity contribution in [2.24, 2.45) is 5.73 Å². The zero-order chi connectivity index (χ0) is 15.4. The highest BCUT2D eigenvalue weighted by molar-refractivity contribution is 6.30. The van der Waals surface area contributed by atoms with Gasteiger partial charge in [-0.25, -0.2) is 4.39 Å². The zero-order valence-electron chi connectivity index (χ0n) is 11.4. The number of ether oxygens (including phenoxy) is 1. The smallest absolute Gasteiger partial charge is 0.129 e. The van der Waals surface area contributed by atoms with Gasteiger partial charge in [0.05, 0.1) is 11.6 Å². The number of nitrogens with zero attached hydrogens (tertiary/aromatic N) is 1. The van der Waals surface area contributed by atoms with Crippen LogP contribution >= 0.6 is 11.6 Å². The fourth-order valence-corrected chi connectivity index (χ4v) is 2.10. The second-order valence-electron chi connectivity index (χ2n) is 4.68. The molecular formula is C16H14ClFN2O. The lowest BCUT2D eigenvalue weighted by Gasteiger charge is -2.14. The molecule has 2 aromatic carbocycles. The number of hydrogen-bond donors (Lipinski definition) is 1. The van der Waals surface area contributed by atoms with Crippen molar-refractivity contribution in [3.8, 4) is 11.8 Å².